The maximum Gasteiger partial charge on any atom is 0.198 e. The van der Waals surface area contributed by atoms with Crippen molar-refractivity contribution in [2.45, 2.75) is 77.6 Å². The summed E-state index contributed by atoms with van der Waals surface area (Å²) in [7, 11) is 2.53. The lowest BCUT2D eigenvalue weighted by atomic mass is 9.58. The molecular formula is C60H48BN2OS2. The van der Waals surface area contributed by atoms with E-state index in [1.54, 1.807) is 0 Å². The number of hydrogen-bond acceptors (Lipinski definition) is 4. The Balaban J connectivity index is 1.17. The third-order valence-electron chi connectivity index (χ3n) is 15.4. The molecule has 1 N–H and O–H groups in total. The Morgan fingerprint density at radius 1 is 0.606 bits per heavy atom. The number of aromatic nitrogens is 1. The van der Waals surface area contributed by atoms with Crippen LogP contribution in [0.1, 0.15) is 78.0 Å². The molecule has 0 saturated heterocycles. The van der Waals surface area contributed by atoms with Crippen molar-refractivity contribution in [2.75, 3.05) is 5.32 Å². The Kier molecular flexibility index (Phi) is 7.77. The van der Waals surface area contributed by atoms with Gasteiger partial charge in [0.05, 0.1) is 11.2 Å². The molecule has 1 radical (unpaired) electrons. The van der Waals surface area contributed by atoms with E-state index in [4.69, 9.17) is 4.42 Å². The molecule has 12 aromatic rings. The predicted molar refractivity (Wildman–Crippen MR) is 288 cm³/mol. The SMILES string of the molecule is CC(C)(C)c1ccc(Nc2cc3oc4ccccc4c3cc2-c2c3c4c(c5cc6c(cc5n4-c4cc5c(cc4[B]3)sc3ccccc35)C(C)(C)CCC6(C)C)c3c2sc2ccccc23)cc1. The van der Waals surface area contributed by atoms with Gasteiger partial charge in [-0.15, -0.1) is 22.7 Å². The van der Waals surface area contributed by atoms with Gasteiger partial charge in [-0.05, 0) is 117 Å². The van der Waals surface area contributed by atoms with Crippen LogP contribution in [0.2, 0.25) is 0 Å². The summed E-state index contributed by atoms with van der Waals surface area (Å²) in [6.07, 6.45) is 2.34. The second kappa shape index (κ2) is 13.2. The monoisotopic (exact) mass is 887 g/mol. The van der Waals surface area contributed by atoms with E-state index in [9.17, 15) is 0 Å². The number of thiophene rings is 2. The van der Waals surface area contributed by atoms with Gasteiger partial charge >= 0.3 is 0 Å². The number of fused-ring (bicyclic) bond motifs is 16. The highest BCUT2D eigenvalue weighted by atomic mass is 32.1. The third kappa shape index (κ3) is 5.37. The molecule has 6 heteroatoms. The van der Waals surface area contributed by atoms with Gasteiger partial charge in [-0.3, -0.25) is 0 Å². The Bertz CT molecular complexity index is 4090. The summed E-state index contributed by atoms with van der Waals surface area (Å²) in [5.74, 6) is 0. The number of benzene rings is 8. The first kappa shape index (κ1) is 38.9. The summed E-state index contributed by atoms with van der Waals surface area (Å²) in [5.41, 5.74) is 17.1. The third-order valence-corrected chi connectivity index (χ3v) is 17.7. The lowest BCUT2D eigenvalue weighted by molar-refractivity contribution is 0.332. The summed E-state index contributed by atoms with van der Waals surface area (Å²) < 4.78 is 14.6. The second-order valence-corrected chi connectivity index (χ2v) is 23.6. The zero-order valence-electron chi connectivity index (χ0n) is 38.4. The van der Waals surface area contributed by atoms with Crippen molar-refractivity contribution in [3.63, 3.8) is 0 Å². The van der Waals surface area contributed by atoms with Crippen molar-refractivity contribution < 1.29 is 4.42 Å². The van der Waals surface area contributed by atoms with E-state index >= 15 is 0 Å². The fraction of sp³-hybridized carbons (Fsp3) is 0.200. The normalized spacial score (nSPS) is 15.4. The minimum atomic E-state index is 0.0541. The predicted octanol–water partition coefficient (Wildman–Crippen LogP) is 16.4. The van der Waals surface area contributed by atoms with E-state index in [0.717, 1.165) is 33.3 Å². The standard InChI is InChI=1S/C60H48BN2OS2/c1-58(2,3)32-20-22-33(23-21-32)62-44-31-48-37(34-14-8-11-17-47(34)64-48)26-39(44)54-55-56-52(53-36-16-10-13-19-50(36)66-57(53)54)40-27-41-42(60(6,7)25-24-59(41,4)5)29-45(40)63(56)46-28-38-35-15-9-12-18-49(35)65-51(38)30-43(46)61-55/h8-23,26-31,62H,24-25H2,1-7H3. The number of hydrogen-bond donors (Lipinski definition) is 1. The Morgan fingerprint density at radius 2 is 1.29 bits per heavy atom. The maximum atomic E-state index is 6.66. The fourth-order valence-corrected chi connectivity index (χ4v) is 14.2. The molecule has 4 aromatic heterocycles. The van der Waals surface area contributed by atoms with Crippen LogP contribution in [-0.2, 0) is 16.2 Å². The Labute approximate surface area is 392 Å². The van der Waals surface area contributed by atoms with Crippen LogP contribution >= 0.6 is 22.7 Å². The molecule has 319 valence electrons. The second-order valence-electron chi connectivity index (χ2n) is 21.4. The molecule has 8 aromatic carbocycles. The number of furan rings is 1. The van der Waals surface area contributed by atoms with E-state index in [2.05, 4.69) is 199 Å². The first-order valence-electron chi connectivity index (χ1n) is 23.4. The lowest BCUT2D eigenvalue weighted by Crippen LogP contribution is -2.37. The van der Waals surface area contributed by atoms with Crippen LogP contribution in [0.15, 0.2) is 138 Å². The first-order valence-corrected chi connectivity index (χ1v) is 25.1. The van der Waals surface area contributed by atoms with E-state index in [-0.39, 0.29) is 16.2 Å². The van der Waals surface area contributed by atoms with Gasteiger partial charge in [-0.1, -0.05) is 121 Å². The zero-order valence-corrected chi connectivity index (χ0v) is 40.0. The van der Waals surface area contributed by atoms with Gasteiger partial charge < -0.3 is 14.3 Å². The molecule has 0 bridgehead atoms. The number of rotatable bonds is 3. The minimum absolute atomic E-state index is 0.0541. The smallest absolute Gasteiger partial charge is 0.198 e. The average molecular weight is 888 g/mol. The highest BCUT2D eigenvalue weighted by Gasteiger charge is 2.39. The summed E-state index contributed by atoms with van der Waals surface area (Å²) in [5, 5.41) is 14.2. The molecule has 0 saturated carbocycles. The summed E-state index contributed by atoms with van der Waals surface area (Å²) in [6, 6.07) is 50.4. The molecule has 0 atom stereocenters. The molecule has 1 aliphatic carbocycles. The van der Waals surface area contributed by atoms with Gasteiger partial charge in [0, 0.05) is 90.4 Å². The zero-order chi connectivity index (χ0) is 44.6. The van der Waals surface area contributed by atoms with Gasteiger partial charge in [-0.2, -0.15) is 0 Å². The maximum absolute atomic E-state index is 6.66. The van der Waals surface area contributed by atoms with E-state index in [1.807, 2.05) is 22.7 Å². The van der Waals surface area contributed by atoms with Crippen molar-refractivity contribution in [3.05, 3.63) is 150 Å². The number of anilines is 2. The highest BCUT2D eigenvalue weighted by Crippen LogP contribution is 2.53. The molecule has 0 amide bonds. The van der Waals surface area contributed by atoms with E-state index in [1.165, 1.54) is 119 Å². The van der Waals surface area contributed by atoms with Crippen LogP contribution in [-0.4, -0.2) is 11.8 Å². The molecule has 0 fully saturated rings. The molecule has 3 nitrogen and oxygen atoms in total. The van der Waals surface area contributed by atoms with Crippen LogP contribution in [0, 0.1) is 0 Å². The Morgan fingerprint density at radius 3 is 2.05 bits per heavy atom. The highest BCUT2D eigenvalue weighted by molar-refractivity contribution is 7.27. The van der Waals surface area contributed by atoms with Crippen molar-refractivity contribution in [1.29, 1.82) is 0 Å². The summed E-state index contributed by atoms with van der Waals surface area (Å²) in [6.45, 7) is 16.7. The largest absolute Gasteiger partial charge is 0.456 e. The lowest BCUT2D eigenvalue weighted by Gasteiger charge is -2.42. The van der Waals surface area contributed by atoms with Gasteiger partial charge in [0.1, 0.15) is 11.2 Å². The van der Waals surface area contributed by atoms with E-state index in [0.29, 0.717) is 0 Å². The summed E-state index contributed by atoms with van der Waals surface area (Å²) >= 11 is 3.84. The summed E-state index contributed by atoms with van der Waals surface area (Å²) in [4.78, 5) is 0. The quantitative estimate of drug-likeness (QED) is 0.179. The fourth-order valence-electron chi connectivity index (χ4n) is 11.8. The number of para-hydroxylation sites is 1. The first-order chi connectivity index (χ1) is 31.8. The molecule has 14 rings (SSSR count). The molecule has 66 heavy (non-hydrogen) atoms. The molecular weight excluding hydrogens is 840 g/mol. The molecule has 2 aliphatic rings. The van der Waals surface area contributed by atoms with Gasteiger partial charge in [-0.25, -0.2) is 0 Å². The molecule has 5 heterocycles. The van der Waals surface area contributed by atoms with Crippen LogP contribution in [0.4, 0.5) is 11.4 Å². The van der Waals surface area contributed by atoms with Crippen LogP contribution in [0.3, 0.4) is 0 Å². The molecule has 0 spiro atoms. The van der Waals surface area contributed by atoms with Crippen molar-refractivity contribution in [2.24, 2.45) is 0 Å². The van der Waals surface area contributed by atoms with Crippen LogP contribution in [0.5, 0.6) is 0 Å². The minimum Gasteiger partial charge on any atom is -0.456 e. The Hall–Kier alpha value is -6.34. The molecule has 0 unspecified atom stereocenters. The van der Waals surface area contributed by atoms with Gasteiger partial charge in [0.2, 0.25) is 0 Å². The van der Waals surface area contributed by atoms with Crippen molar-refractivity contribution in [3.8, 4) is 16.8 Å². The van der Waals surface area contributed by atoms with Gasteiger partial charge in [0.15, 0.2) is 7.28 Å². The van der Waals surface area contributed by atoms with Crippen molar-refractivity contribution >= 4 is 136 Å². The van der Waals surface area contributed by atoms with Crippen LogP contribution in [0.25, 0.3) is 101 Å². The van der Waals surface area contributed by atoms with Gasteiger partial charge in [0.25, 0.3) is 0 Å². The number of nitrogens with zero attached hydrogens (tertiary/aromatic N) is 1. The van der Waals surface area contributed by atoms with E-state index < -0.39 is 0 Å². The molecule has 1 aliphatic heterocycles. The topological polar surface area (TPSA) is 30.1 Å². The van der Waals surface area contributed by atoms with Crippen LogP contribution < -0.4 is 16.2 Å². The van der Waals surface area contributed by atoms with Crippen molar-refractivity contribution in [1.82, 2.24) is 4.57 Å². The average Bonchev–Trinajstić information content (AvgIpc) is 4.06. The number of nitrogens with one attached hydrogen (secondary N) is 1.